The summed E-state index contributed by atoms with van der Waals surface area (Å²) in [4.78, 5) is 2.13. The summed E-state index contributed by atoms with van der Waals surface area (Å²) in [5.41, 5.74) is 6.66. The van der Waals surface area contributed by atoms with Crippen LogP contribution in [0.5, 0.6) is 17.2 Å². The van der Waals surface area contributed by atoms with E-state index in [1.54, 1.807) is 0 Å². The second-order valence-corrected chi connectivity index (χ2v) is 4.52. The monoisotopic (exact) mass is 252 g/mol. The Bertz CT molecular complexity index is 407. The van der Waals surface area contributed by atoms with Gasteiger partial charge in [0.15, 0.2) is 11.5 Å². The zero-order valence-electron chi connectivity index (χ0n) is 10.9. The van der Waals surface area contributed by atoms with E-state index in [1.807, 2.05) is 26.2 Å². The van der Waals surface area contributed by atoms with Crippen LogP contribution in [0.3, 0.4) is 0 Å². The highest BCUT2D eigenvalue weighted by Gasteiger charge is 2.17. The lowest BCUT2D eigenvalue weighted by Gasteiger charge is -2.13. The predicted molar refractivity (Wildman–Crippen MR) is 69.1 cm³/mol. The third-order valence-electron chi connectivity index (χ3n) is 2.78. The van der Waals surface area contributed by atoms with E-state index in [9.17, 15) is 0 Å². The molecule has 0 saturated heterocycles. The van der Waals surface area contributed by atoms with E-state index in [4.69, 9.17) is 19.9 Å². The summed E-state index contributed by atoms with van der Waals surface area (Å²) in [5.74, 6) is 2.27. The molecule has 1 aromatic rings. The molecule has 0 spiro atoms. The smallest absolute Gasteiger partial charge is 0.231 e. The zero-order chi connectivity index (χ0) is 13.0. The Morgan fingerprint density at radius 3 is 2.67 bits per heavy atom. The Kier molecular flexibility index (Phi) is 4.28. The van der Waals surface area contributed by atoms with Gasteiger partial charge in [-0.25, -0.2) is 0 Å². The van der Waals surface area contributed by atoms with Gasteiger partial charge >= 0.3 is 0 Å². The van der Waals surface area contributed by atoms with Gasteiger partial charge < -0.3 is 24.8 Å². The fourth-order valence-electron chi connectivity index (χ4n) is 1.82. The number of ether oxygens (including phenoxy) is 3. The van der Waals surface area contributed by atoms with Gasteiger partial charge in [-0.15, -0.1) is 0 Å². The Balaban J connectivity index is 1.98. The number of rotatable bonds is 6. The Morgan fingerprint density at radius 1 is 1.28 bits per heavy atom. The van der Waals surface area contributed by atoms with Crippen molar-refractivity contribution in [2.45, 2.75) is 13.0 Å². The van der Waals surface area contributed by atoms with Crippen molar-refractivity contribution >= 4 is 0 Å². The predicted octanol–water partition coefficient (Wildman–Crippen LogP) is 1.20. The van der Waals surface area contributed by atoms with E-state index >= 15 is 0 Å². The van der Waals surface area contributed by atoms with Crippen LogP contribution in [0.15, 0.2) is 12.1 Å². The Morgan fingerprint density at radius 2 is 2.00 bits per heavy atom. The first-order chi connectivity index (χ1) is 8.70. The van der Waals surface area contributed by atoms with Gasteiger partial charge in [-0.05, 0) is 26.6 Å². The maximum absolute atomic E-state index is 5.76. The van der Waals surface area contributed by atoms with Gasteiger partial charge in [-0.3, -0.25) is 0 Å². The molecule has 0 saturated carbocycles. The number of benzene rings is 1. The number of hydrogen-bond donors (Lipinski definition) is 1. The van der Waals surface area contributed by atoms with Crippen molar-refractivity contribution in [2.24, 2.45) is 5.73 Å². The summed E-state index contributed by atoms with van der Waals surface area (Å²) in [5, 5.41) is 0. The van der Waals surface area contributed by atoms with Gasteiger partial charge in [-0.1, -0.05) is 0 Å². The molecule has 0 atom stereocenters. The minimum Gasteiger partial charge on any atom is -0.493 e. The molecule has 18 heavy (non-hydrogen) atoms. The maximum Gasteiger partial charge on any atom is 0.231 e. The normalized spacial score (nSPS) is 13.1. The third kappa shape index (κ3) is 3.05. The van der Waals surface area contributed by atoms with Crippen LogP contribution in [-0.2, 0) is 6.54 Å². The van der Waals surface area contributed by atoms with Crippen molar-refractivity contribution in [3.05, 3.63) is 17.7 Å². The van der Waals surface area contributed by atoms with E-state index in [0.717, 1.165) is 35.8 Å². The molecule has 0 amide bonds. The van der Waals surface area contributed by atoms with E-state index in [-0.39, 0.29) is 6.79 Å². The van der Waals surface area contributed by atoms with Crippen LogP contribution in [-0.4, -0.2) is 38.9 Å². The van der Waals surface area contributed by atoms with E-state index in [0.29, 0.717) is 13.2 Å². The number of hydrogen-bond acceptors (Lipinski definition) is 5. The van der Waals surface area contributed by atoms with Crippen molar-refractivity contribution in [3.63, 3.8) is 0 Å². The SMILES string of the molecule is CN(C)CCCOc1cc2c(cc1CN)OCO2. The van der Waals surface area contributed by atoms with Gasteiger partial charge in [0, 0.05) is 24.7 Å². The molecule has 2 N–H and O–H groups in total. The van der Waals surface area contributed by atoms with Crippen LogP contribution in [0.4, 0.5) is 0 Å². The van der Waals surface area contributed by atoms with E-state index in [2.05, 4.69) is 4.90 Å². The first-order valence-electron chi connectivity index (χ1n) is 6.11. The number of nitrogens with zero attached hydrogens (tertiary/aromatic N) is 1. The highest BCUT2D eigenvalue weighted by molar-refractivity contribution is 5.51. The third-order valence-corrected chi connectivity index (χ3v) is 2.78. The highest BCUT2D eigenvalue weighted by Crippen LogP contribution is 2.38. The molecule has 2 rings (SSSR count). The van der Waals surface area contributed by atoms with Gasteiger partial charge in [0.2, 0.25) is 6.79 Å². The van der Waals surface area contributed by atoms with Crippen LogP contribution in [0.1, 0.15) is 12.0 Å². The van der Waals surface area contributed by atoms with Crippen LogP contribution in [0.25, 0.3) is 0 Å². The molecule has 1 aliphatic rings. The van der Waals surface area contributed by atoms with Crippen molar-refractivity contribution < 1.29 is 14.2 Å². The van der Waals surface area contributed by atoms with Crippen molar-refractivity contribution in [3.8, 4) is 17.2 Å². The lowest BCUT2D eigenvalue weighted by Crippen LogP contribution is -2.16. The standard InChI is InChI=1S/C13H20N2O3/c1-15(2)4-3-5-16-11-7-13-12(17-9-18-13)6-10(11)8-14/h6-7H,3-5,8-9,14H2,1-2H3. The van der Waals surface area contributed by atoms with E-state index < -0.39 is 0 Å². The molecule has 0 unspecified atom stereocenters. The minimum atomic E-state index is 0.267. The molecule has 100 valence electrons. The fourth-order valence-corrected chi connectivity index (χ4v) is 1.82. The highest BCUT2D eigenvalue weighted by atomic mass is 16.7. The topological polar surface area (TPSA) is 57.0 Å². The summed E-state index contributed by atoms with van der Waals surface area (Å²) >= 11 is 0. The molecule has 0 fully saturated rings. The molecule has 5 heteroatoms. The largest absolute Gasteiger partial charge is 0.493 e. The van der Waals surface area contributed by atoms with Gasteiger partial charge in [0.1, 0.15) is 5.75 Å². The summed E-state index contributed by atoms with van der Waals surface area (Å²) in [6, 6.07) is 3.75. The van der Waals surface area contributed by atoms with Crippen molar-refractivity contribution in [1.29, 1.82) is 0 Å². The summed E-state index contributed by atoms with van der Waals surface area (Å²) in [6.45, 7) is 2.37. The molecule has 1 aliphatic heterocycles. The molecule has 5 nitrogen and oxygen atoms in total. The van der Waals surface area contributed by atoms with Crippen molar-refractivity contribution in [1.82, 2.24) is 4.90 Å². The summed E-state index contributed by atoms with van der Waals surface area (Å²) < 4.78 is 16.4. The molecule has 1 aromatic carbocycles. The Labute approximate surface area is 107 Å². The molecular formula is C13H20N2O3. The molecule has 1 heterocycles. The summed E-state index contributed by atoms with van der Waals surface area (Å²) in [6.07, 6.45) is 0.978. The maximum atomic E-state index is 5.76. The zero-order valence-corrected chi connectivity index (χ0v) is 10.9. The van der Waals surface area contributed by atoms with Gasteiger partial charge in [-0.2, -0.15) is 0 Å². The first kappa shape index (κ1) is 13.0. The lowest BCUT2D eigenvalue weighted by atomic mass is 10.2. The fraction of sp³-hybridized carbons (Fsp3) is 0.538. The average molecular weight is 252 g/mol. The van der Waals surface area contributed by atoms with Crippen LogP contribution in [0, 0.1) is 0 Å². The van der Waals surface area contributed by atoms with E-state index in [1.165, 1.54) is 0 Å². The van der Waals surface area contributed by atoms with Crippen molar-refractivity contribution in [2.75, 3.05) is 34.0 Å². The van der Waals surface area contributed by atoms with Crippen LogP contribution < -0.4 is 19.9 Å². The summed E-state index contributed by atoms with van der Waals surface area (Å²) in [7, 11) is 4.10. The number of fused-ring (bicyclic) bond motifs is 1. The second-order valence-electron chi connectivity index (χ2n) is 4.52. The quantitative estimate of drug-likeness (QED) is 0.771. The first-order valence-corrected chi connectivity index (χ1v) is 6.11. The average Bonchev–Trinajstić information content (AvgIpc) is 2.80. The lowest BCUT2D eigenvalue weighted by molar-refractivity contribution is 0.173. The van der Waals surface area contributed by atoms with Crippen LogP contribution in [0.2, 0.25) is 0 Å². The minimum absolute atomic E-state index is 0.267. The second kappa shape index (κ2) is 5.93. The van der Waals surface area contributed by atoms with Gasteiger partial charge in [0.05, 0.1) is 6.61 Å². The molecule has 0 radical (unpaired) electrons. The van der Waals surface area contributed by atoms with Crippen LogP contribution >= 0.6 is 0 Å². The molecule has 0 aliphatic carbocycles. The number of nitrogens with two attached hydrogens (primary N) is 1. The molecular weight excluding hydrogens is 232 g/mol. The molecule has 0 bridgehead atoms. The van der Waals surface area contributed by atoms with Gasteiger partial charge in [0.25, 0.3) is 0 Å². The Hall–Kier alpha value is -1.46. The molecule has 0 aromatic heterocycles.